The first kappa shape index (κ1) is 16.6. The summed E-state index contributed by atoms with van der Waals surface area (Å²) in [7, 11) is 0. The Morgan fingerprint density at radius 2 is 1.82 bits per heavy atom. The Morgan fingerprint density at radius 1 is 1.05 bits per heavy atom. The average Bonchev–Trinajstić information content (AvgIpc) is 2.52. The van der Waals surface area contributed by atoms with Gasteiger partial charge in [-0.05, 0) is 42.5 Å². The first-order valence-electron chi connectivity index (χ1n) is 7.80. The molecule has 2 N–H and O–H groups in total. The van der Waals surface area contributed by atoms with Gasteiger partial charge in [0.05, 0.1) is 6.54 Å². The van der Waals surface area contributed by atoms with Gasteiger partial charge in [0.2, 0.25) is 0 Å². The number of azo groups is 1. The molecule has 0 aliphatic heterocycles. The van der Waals surface area contributed by atoms with Crippen LogP contribution < -0.4 is 0 Å². The molecule has 0 spiro atoms. The molecule has 0 radical (unpaired) electrons. The van der Waals surface area contributed by atoms with Crippen molar-refractivity contribution in [3.8, 4) is 0 Å². The molecule has 0 saturated carbocycles. The molecular formula is C18H24N2O2. The third-order valence-corrected chi connectivity index (χ3v) is 3.63. The molecule has 0 heterocycles. The van der Waals surface area contributed by atoms with Gasteiger partial charge in [-0.3, -0.25) is 0 Å². The Balaban J connectivity index is 1.80. The molecular weight excluding hydrogens is 276 g/mol. The monoisotopic (exact) mass is 300 g/mol. The number of rotatable bonds is 8. The Morgan fingerprint density at radius 3 is 2.59 bits per heavy atom. The van der Waals surface area contributed by atoms with Crippen LogP contribution in [0.3, 0.4) is 0 Å². The number of nitrogens with zero attached hydrogens (tertiary/aromatic N) is 2. The number of hydrogen-bond donors (Lipinski definition) is 2. The summed E-state index contributed by atoms with van der Waals surface area (Å²) in [5, 5.41) is 29.2. The fourth-order valence-corrected chi connectivity index (χ4v) is 2.41. The van der Waals surface area contributed by atoms with Gasteiger partial charge in [-0.15, -0.1) is 0 Å². The summed E-state index contributed by atoms with van der Waals surface area (Å²) in [6.45, 7) is 2.28. The van der Waals surface area contributed by atoms with Crippen LogP contribution in [0.25, 0.3) is 10.8 Å². The molecule has 4 heteroatoms. The van der Waals surface area contributed by atoms with E-state index in [2.05, 4.69) is 46.6 Å². The summed E-state index contributed by atoms with van der Waals surface area (Å²) in [5.74, 6) is 0. The summed E-state index contributed by atoms with van der Waals surface area (Å²) in [6, 6.07) is 14.8. The van der Waals surface area contributed by atoms with Crippen molar-refractivity contribution in [1.29, 1.82) is 0 Å². The minimum absolute atomic E-state index is 0.0631. The van der Waals surface area contributed by atoms with E-state index in [0.29, 0.717) is 19.4 Å². The fourth-order valence-electron chi connectivity index (χ4n) is 2.41. The van der Waals surface area contributed by atoms with Crippen LogP contribution in [0.15, 0.2) is 52.7 Å². The molecule has 2 rings (SSSR count). The second-order valence-corrected chi connectivity index (χ2v) is 5.79. The van der Waals surface area contributed by atoms with Crippen molar-refractivity contribution in [3.63, 3.8) is 0 Å². The summed E-state index contributed by atoms with van der Waals surface area (Å²) in [5.41, 5.74) is 0.132. The zero-order chi connectivity index (χ0) is 15.8. The number of fused-ring (bicyclic) bond motifs is 1. The normalized spacial score (nSPS) is 14.5. The van der Waals surface area contributed by atoms with Gasteiger partial charge in [0.25, 0.3) is 0 Å². The van der Waals surface area contributed by atoms with Crippen molar-refractivity contribution in [2.24, 2.45) is 10.2 Å². The first-order valence-corrected chi connectivity index (χ1v) is 7.80. The summed E-state index contributed by atoms with van der Waals surface area (Å²) < 4.78 is 0. The lowest BCUT2D eigenvalue weighted by molar-refractivity contribution is 0.0447. The Hall–Kier alpha value is -1.78. The molecule has 0 aromatic heterocycles. The molecule has 1 unspecified atom stereocenters. The van der Waals surface area contributed by atoms with Gasteiger partial charge in [0.1, 0.15) is 0 Å². The zero-order valence-corrected chi connectivity index (χ0v) is 13.1. The van der Waals surface area contributed by atoms with Gasteiger partial charge in [-0.1, -0.05) is 42.5 Å². The molecule has 4 nitrogen and oxygen atoms in total. The molecule has 0 aliphatic rings. The number of aryl methyl sites for hydroxylation is 1. The maximum Gasteiger partial charge on any atom is 0.173 e. The van der Waals surface area contributed by atoms with Crippen molar-refractivity contribution in [1.82, 2.24) is 0 Å². The highest BCUT2D eigenvalue weighted by Gasteiger charge is 2.17. The molecule has 0 bridgehead atoms. The van der Waals surface area contributed by atoms with Gasteiger partial charge < -0.3 is 10.2 Å². The number of benzene rings is 2. The lowest BCUT2D eigenvalue weighted by Gasteiger charge is -2.15. The second kappa shape index (κ2) is 8.01. The van der Waals surface area contributed by atoms with Crippen LogP contribution >= 0.6 is 0 Å². The third-order valence-electron chi connectivity index (χ3n) is 3.63. The van der Waals surface area contributed by atoms with Gasteiger partial charge in [0, 0.05) is 13.0 Å². The summed E-state index contributed by atoms with van der Waals surface area (Å²) in [6.07, 6.45) is 2.81. The quantitative estimate of drug-likeness (QED) is 0.576. The Labute approximate surface area is 131 Å². The average molecular weight is 300 g/mol. The predicted octanol–water partition coefficient (Wildman–Crippen LogP) is 3.71. The van der Waals surface area contributed by atoms with Crippen LogP contribution in [-0.4, -0.2) is 29.1 Å². The number of aliphatic hydroxyl groups is 2. The highest BCUT2D eigenvalue weighted by molar-refractivity contribution is 5.82. The maximum absolute atomic E-state index is 9.91. The van der Waals surface area contributed by atoms with Crippen molar-refractivity contribution in [3.05, 3.63) is 48.0 Å². The van der Waals surface area contributed by atoms with E-state index in [1.54, 1.807) is 6.92 Å². The van der Waals surface area contributed by atoms with Gasteiger partial charge >= 0.3 is 0 Å². The summed E-state index contributed by atoms with van der Waals surface area (Å²) in [4.78, 5) is 0. The van der Waals surface area contributed by atoms with E-state index in [-0.39, 0.29) is 6.61 Å². The third kappa shape index (κ3) is 5.20. The van der Waals surface area contributed by atoms with Crippen LogP contribution in [0.4, 0.5) is 0 Å². The highest BCUT2D eigenvalue weighted by atomic mass is 16.3. The van der Waals surface area contributed by atoms with Gasteiger partial charge in [-0.2, -0.15) is 10.2 Å². The Bertz CT molecular complexity index is 623. The van der Waals surface area contributed by atoms with Crippen LogP contribution in [0.1, 0.15) is 31.7 Å². The van der Waals surface area contributed by atoms with Crippen LogP contribution in [0.2, 0.25) is 0 Å². The maximum atomic E-state index is 9.91. The lowest BCUT2D eigenvalue weighted by Crippen LogP contribution is -2.20. The first-order chi connectivity index (χ1) is 10.6. The van der Waals surface area contributed by atoms with E-state index in [9.17, 15) is 5.11 Å². The van der Waals surface area contributed by atoms with E-state index in [1.165, 1.54) is 16.3 Å². The van der Waals surface area contributed by atoms with Gasteiger partial charge in [-0.25, -0.2) is 0 Å². The molecule has 2 aromatic rings. The molecule has 2 aromatic carbocycles. The fraction of sp³-hybridized carbons (Fsp3) is 0.444. The minimum atomic E-state index is -1.16. The molecule has 22 heavy (non-hydrogen) atoms. The van der Waals surface area contributed by atoms with Crippen molar-refractivity contribution < 1.29 is 10.2 Å². The number of hydrogen-bond acceptors (Lipinski definition) is 4. The largest absolute Gasteiger partial charge is 0.396 e. The van der Waals surface area contributed by atoms with E-state index in [1.807, 2.05) is 6.07 Å². The number of aliphatic hydroxyl groups excluding tert-OH is 1. The molecule has 118 valence electrons. The molecule has 0 amide bonds. The van der Waals surface area contributed by atoms with E-state index >= 15 is 0 Å². The Kier molecular flexibility index (Phi) is 6.04. The van der Waals surface area contributed by atoms with Crippen molar-refractivity contribution in [2.45, 2.75) is 38.3 Å². The topological polar surface area (TPSA) is 65.2 Å². The second-order valence-electron chi connectivity index (χ2n) is 5.79. The van der Waals surface area contributed by atoms with E-state index in [4.69, 9.17) is 5.11 Å². The van der Waals surface area contributed by atoms with Crippen LogP contribution in [-0.2, 0) is 6.42 Å². The zero-order valence-electron chi connectivity index (χ0n) is 13.1. The van der Waals surface area contributed by atoms with Crippen LogP contribution in [0.5, 0.6) is 0 Å². The molecule has 1 atom stereocenters. The summed E-state index contributed by atoms with van der Waals surface area (Å²) >= 11 is 0. The smallest absolute Gasteiger partial charge is 0.173 e. The van der Waals surface area contributed by atoms with Crippen LogP contribution in [0, 0.1) is 0 Å². The predicted molar refractivity (Wildman–Crippen MR) is 88.9 cm³/mol. The molecule has 0 saturated heterocycles. The SMILES string of the molecule is CC(O)(CCCO)N=NCCCc1ccc2ccccc2c1. The standard InChI is InChI=1S/C18H24N2O2/c1-18(22,11-5-13-21)20-19-12-4-6-15-9-10-16-7-2-3-8-17(16)14-15/h2-3,7-10,14,21-22H,4-6,11-13H2,1H3. The molecule has 0 aliphatic carbocycles. The van der Waals surface area contributed by atoms with E-state index < -0.39 is 5.72 Å². The van der Waals surface area contributed by atoms with Crippen molar-refractivity contribution >= 4 is 10.8 Å². The van der Waals surface area contributed by atoms with Crippen molar-refractivity contribution in [2.75, 3.05) is 13.2 Å². The van der Waals surface area contributed by atoms with Gasteiger partial charge in [0.15, 0.2) is 5.72 Å². The van der Waals surface area contributed by atoms with E-state index in [0.717, 1.165) is 12.8 Å². The molecule has 0 fully saturated rings. The lowest BCUT2D eigenvalue weighted by atomic mass is 10.0. The minimum Gasteiger partial charge on any atom is -0.396 e. The highest BCUT2D eigenvalue weighted by Crippen LogP contribution is 2.17.